The fourth-order valence-corrected chi connectivity index (χ4v) is 0.420. The Bertz CT molecular complexity index is 133. The van der Waals surface area contributed by atoms with Crippen molar-refractivity contribution in [2.24, 2.45) is 0 Å². The van der Waals surface area contributed by atoms with Crippen LogP contribution in [0.15, 0.2) is 6.01 Å². The Hall–Kier alpha value is 0.374. The van der Waals surface area contributed by atoms with Crippen molar-refractivity contribution >= 4 is 0 Å². The Morgan fingerprint density at radius 3 is 2.22 bits per heavy atom. The Kier molecular flexibility index (Phi) is 3.10. The molecule has 0 atom stereocenters. The molecule has 1 rings (SSSR count). The van der Waals surface area contributed by atoms with Crippen molar-refractivity contribution in [3.05, 3.63) is 12.3 Å². The maximum absolute atomic E-state index is 11.9. The summed E-state index contributed by atoms with van der Waals surface area (Å²) in [6, 6.07) is -0.782. The molecule has 0 unspecified atom stereocenters. The molecule has 0 aromatic carbocycles. The van der Waals surface area contributed by atoms with Crippen LogP contribution in [-0.2, 0) is 42.2 Å². The van der Waals surface area contributed by atoms with Crippen LogP contribution >= 0.6 is 0 Å². The van der Waals surface area contributed by atoms with Crippen LogP contribution in [0.2, 0.25) is 0 Å². The summed E-state index contributed by atoms with van der Waals surface area (Å²) in [5, 5.41) is 0. The summed E-state index contributed by atoms with van der Waals surface area (Å²) in [5.41, 5.74) is 0. The van der Waals surface area contributed by atoms with Crippen molar-refractivity contribution < 1.29 is 46.6 Å². The normalized spacial score (nSPS) is 21.0. The number of hydrogen-bond donors (Lipinski definition) is 0. The Morgan fingerprint density at radius 1 is 1.56 bits per heavy atom. The zero-order valence-corrected chi connectivity index (χ0v) is 8.11. The molecule has 2 nitrogen and oxygen atoms in total. The fourth-order valence-electron chi connectivity index (χ4n) is 0.420. The molecule has 0 saturated heterocycles. The van der Waals surface area contributed by atoms with Gasteiger partial charge in [-0.1, -0.05) is 0 Å². The molecule has 0 fully saturated rings. The molecule has 1 heterocycles. The molecular formula is C5H6FO2Y+2. The van der Waals surface area contributed by atoms with E-state index in [0.717, 1.165) is 0 Å². The van der Waals surface area contributed by atoms with Crippen LogP contribution in [0.3, 0.4) is 0 Å². The third-order valence-electron chi connectivity index (χ3n) is 0.712. The first-order valence-electron chi connectivity index (χ1n) is 2.26. The summed E-state index contributed by atoms with van der Waals surface area (Å²) in [7, 11) is 0. The number of hydrogen-bond acceptors (Lipinski definition) is 2. The second-order valence-electron chi connectivity index (χ2n) is 1.98. The van der Waals surface area contributed by atoms with Crippen LogP contribution in [0.5, 0.6) is 0 Å². The van der Waals surface area contributed by atoms with Gasteiger partial charge < -0.3 is 9.47 Å². The molecule has 0 bridgehead atoms. The monoisotopic (exact) mass is 206 g/mol. The van der Waals surface area contributed by atoms with Gasteiger partial charge >= 0.3 is 32.7 Å². The maximum atomic E-state index is 11.9. The van der Waals surface area contributed by atoms with Gasteiger partial charge in [0.25, 0.3) is 0 Å². The third kappa shape index (κ3) is 2.63. The second kappa shape index (κ2) is 2.97. The first kappa shape index (κ1) is 9.37. The molecule has 4 heteroatoms. The van der Waals surface area contributed by atoms with E-state index in [1.54, 1.807) is 13.8 Å². The van der Waals surface area contributed by atoms with E-state index in [2.05, 4.69) is 9.47 Å². The zero-order chi connectivity index (χ0) is 6.20. The van der Waals surface area contributed by atoms with Gasteiger partial charge in [-0.25, -0.2) is 10.7 Å². The van der Waals surface area contributed by atoms with E-state index in [9.17, 15) is 4.39 Å². The van der Waals surface area contributed by atoms with Gasteiger partial charge in [-0.3, -0.25) is 0 Å². The van der Waals surface area contributed by atoms with E-state index in [1.807, 2.05) is 6.26 Å². The zero-order valence-electron chi connectivity index (χ0n) is 5.27. The largest absolute Gasteiger partial charge is 3.00 e. The molecule has 0 saturated carbocycles. The first-order chi connectivity index (χ1) is 3.60. The summed E-state index contributed by atoms with van der Waals surface area (Å²) in [6.07, 6.45) is 1.94. The molecule has 9 heavy (non-hydrogen) atoms. The average Bonchev–Trinajstić information content (AvgIpc) is 1.82. The van der Waals surface area contributed by atoms with E-state index in [1.165, 1.54) is 0 Å². The van der Waals surface area contributed by atoms with Gasteiger partial charge in [0.15, 0.2) is 0 Å². The smallest absolute Gasteiger partial charge is 0.656 e. The number of rotatable bonds is 0. The van der Waals surface area contributed by atoms with Gasteiger partial charge in [0.2, 0.25) is 5.79 Å². The summed E-state index contributed by atoms with van der Waals surface area (Å²) in [4.78, 5) is 0. The summed E-state index contributed by atoms with van der Waals surface area (Å²) in [6.45, 7) is 3.21. The van der Waals surface area contributed by atoms with Crippen molar-refractivity contribution in [3.63, 3.8) is 0 Å². The molecule has 0 aromatic heterocycles. The Labute approximate surface area is 78.3 Å². The number of halogens is 1. The molecule has 0 aromatic rings. The third-order valence-corrected chi connectivity index (χ3v) is 0.712. The fraction of sp³-hybridized carbons (Fsp3) is 0.600. The van der Waals surface area contributed by atoms with Crippen LogP contribution in [0.4, 0.5) is 4.39 Å². The van der Waals surface area contributed by atoms with E-state index >= 15 is 0 Å². The van der Waals surface area contributed by atoms with Gasteiger partial charge in [-0.05, 0) is 0 Å². The average molecular weight is 206 g/mol. The molecule has 1 aliphatic heterocycles. The summed E-state index contributed by atoms with van der Waals surface area (Å²) >= 11 is 0. The molecule has 1 aliphatic rings. The van der Waals surface area contributed by atoms with Crippen molar-refractivity contribution in [1.82, 2.24) is 0 Å². The van der Waals surface area contributed by atoms with Crippen molar-refractivity contribution in [1.29, 1.82) is 0 Å². The van der Waals surface area contributed by atoms with Crippen LogP contribution in [0.1, 0.15) is 13.8 Å². The molecule has 46 valence electrons. The van der Waals surface area contributed by atoms with Crippen LogP contribution in [0.25, 0.3) is 0 Å². The predicted molar refractivity (Wildman–Crippen MR) is 24.1 cm³/mol. The minimum Gasteiger partial charge on any atom is -0.656 e. The minimum atomic E-state index is -0.857. The van der Waals surface area contributed by atoms with E-state index < -0.39 is 11.8 Å². The Morgan fingerprint density at radius 2 is 2.11 bits per heavy atom. The summed E-state index contributed by atoms with van der Waals surface area (Å²) < 4.78 is 20.9. The SMILES string of the molecule is CC1(C)O[C-]=C(F)O1.[Y+3]. The van der Waals surface area contributed by atoms with Crippen molar-refractivity contribution in [2.75, 3.05) is 0 Å². The minimum absolute atomic E-state index is 0. The molecule has 0 amide bonds. The van der Waals surface area contributed by atoms with E-state index in [4.69, 9.17) is 0 Å². The predicted octanol–water partition coefficient (Wildman–Crippen LogP) is 1.34. The van der Waals surface area contributed by atoms with E-state index in [-0.39, 0.29) is 32.7 Å². The van der Waals surface area contributed by atoms with Gasteiger partial charge in [-0.15, -0.1) is 0 Å². The standard InChI is InChI=1S/C5H6FO2.Y/c1-5(2)7-3-4(6)8-5;/h1-2H3;/q-1;+3. The molecule has 0 spiro atoms. The van der Waals surface area contributed by atoms with Crippen molar-refractivity contribution in [3.8, 4) is 0 Å². The van der Waals surface area contributed by atoms with Crippen LogP contribution in [0, 0.1) is 6.26 Å². The number of ether oxygens (including phenoxy) is 2. The topological polar surface area (TPSA) is 18.5 Å². The van der Waals surface area contributed by atoms with Gasteiger partial charge in [0.05, 0.1) is 0 Å². The first-order valence-corrected chi connectivity index (χ1v) is 2.26. The molecule has 0 N–H and O–H groups in total. The van der Waals surface area contributed by atoms with Gasteiger partial charge in [0.1, 0.15) is 6.01 Å². The van der Waals surface area contributed by atoms with Gasteiger partial charge in [-0.2, -0.15) is 0 Å². The van der Waals surface area contributed by atoms with E-state index in [0.29, 0.717) is 0 Å². The Balaban J connectivity index is 0.000000640. The quantitative estimate of drug-likeness (QED) is 0.556. The maximum Gasteiger partial charge on any atom is 3.00 e. The van der Waals surface area contributed by atoms with Crippen molar-refractivity contribution in [2.45, 2.75) is 19.6 Å². The van der Waals surface area contributed by atoms with Crippen LogP contribution < -0.4 is 0 Å². The molecule has 0 radical (unpaired) electrons. The van der Waals surface area contributed by atoms with Gasteiger partial charge in [0, 0.05) is 13.8 Å². The second-order valence-corrected chi connectivity index (χ2v) is 1.98. The molecule has 0 aliphatic carbocycles. The summed E-state index contributed by atoms with van der Waals surface area (Å²) in [5.74, 6) is -0.857. The van der Waals surface area contributed by atoms with Crippen LogP contribution in [-0.4, -0.2) is 5.79 Å². The molecular weight excluding hydrogens is 200 g/mol.